The van der Waals surface area contributed by atoms with Gasteiger partial charge in [0.05, 0.1) is 0 Å². The second-order valence-corrected chi connectivity index (χ2v) is 5.79. The van der Waals surface area contributed by atoms with Crippen LogP contribution in [0.2, 0.25) is 0 Å². The molecule has 2 amide bonds. The average Bonchev–Trinajstić information content (AvgIpc) is 2.58. The van der Waals surface area contributed by atoms with Crippen LogP contribution in [0.4, 0.5) is 4.39 Å². The maximum Gasteiger partial charge on any atom is 0.270 e. The van der Waals surface area contributed by atoms with Crippen molar-refractivity contribution < 1.29 is 14.0 Å². The number of hydrogen-bond donors (Lipinski definition) is 2. The summed E-state index contributed by atoms with van der Waals surface area (Å²) in [5, 5.41) is 5.35. The molecule has 0 unspecified atom stereocenters. The number of pyridine rings is 1. The molecular formula is C18H20FN3O2. The standard InChI is InChI=1S/C18H20FN3O2/c1-12(2)10-20-17(23)15-8-5-9-16(22-15)18(24)21-11-13-6-3-4-7-14(13)19/h3-9,12H,10-11H2,1-2H3,(H,20,23)(H,21,24). The molecule has 0 atom stereocenters. The van der Waals surface area contributed by atoms with Crippen LogP contribution in [0.15, 0.2) is 42.5 Å². The van der Waals surface area contributed by atoms with E-state index >= 15 is 0 Å². The fraction of sp³-hybridized carbons (Fsp3) is 0.278. The maximum absolute atomic E-state index is 13.5. The van der Waals surface area contributed by atoms with Crippen molar-refractivity contribution >= 4 is 11.8 Å². The third kappa shape index (κ3) is 4.87. The summed E-state index contributed by atoms with van der Waals surface area (Å²) in [6.45, 7) is 4.56. The van der Waals surface area contributed by atoms with Crippen LogP contribution in [-0.4, -0.2) is 23.3 Å². The first-order chi connectivity index (χ1) is 11.5. The van der Waals surface area contributed by atoms with Crippen LogP contribution in [0.5, 0.6) is 0 Å². The largest absolute Gasteiger partial charge is 0.350 e. The fourth-order valence-electron chi connectivity index (χ4n) is 1.98. The molecule has 126 valence electrons. The highest BCUT2D eigenvalue weighted by atomic mass is 19.1. The smallest absolute Gasteiger partial charge is 0.270 e. The van der Waals surface area contributed by atoms with E-state index in [9.17, 15) is 14.0 Å². The first-order valence-electron chi connectivity index (χ1n) is 7.74. The van der Waals surface area contributed by atoms with Gasteiger partial charge in [0.25, 0.3) is 11.8 Å². The number of amides is 2. The van der Waals surface area contributed by atoms with Crippen molar-refractivity contribution in [1.82, 2.24) is 15.6 Å². The summed E-state index contributed by atoms with van der Waals surface area (Å²) in [7, 11) is 0. The number of benzene rings is 1. The lowest BCUT2D eigenvalue weighted by Crippen LogP contribution is -2.29. The zero-order chi connectivity index (χ0) is 17.5. The molecule has 2 aromatic rings. The Morgan fingerprint density at radius 1 is 1.00 bits per heavy atom. The van der Waals surface area contributed by atoms with E-state index in [0.29, 0.717) is 18.0 Å². The molecule has 0 bridgehead atoms. The molecule has 0 aliphatic rings. The molecule has 0 spiro atoms. The molecule has 2 rings (SSSR count). The van der Waals surface area contributed by atoms with Gasteiger partial charge in [-0.2, -0.15) is 0 Å². The van der Waals surface area contributed by atoms with Crippen molar-refractivity contribution in [2.24, 2.45) is 5.92 Å². The second kappa shape index (κ2) is 8.19. The predicted molar refractivity (Wildman–Crippen MR) is 89.0 cm³/mol. The van der Waals surface area contributed by atoms with Gasteiger partial charge in [0.1, 0.15) is 17.2 Å². The number of rotatable bonds is 6. The zero-order valence-electron chi connectivity index (χ0n) is 13.7. The highest BCUT2D eigenvalue weighted by molar-refractivity contribution is 5.96. The third-order valence-electron chi connectivity index (χ3n) is 3.28. The molecule has 6 heteroatoms. The molecule has 5 nitrogen and oxygen atoms in total. The monoisotopic (exact) mass is 329 g/mol. The number of carbonyl (C=O) groups excluding carboxylic acids is 2. The summed E-state index contributed by atoms with van der Waals surface area (Å²) >= 11 is 0. The van der Waals surface area contributed by atoms with E-state index in [4.69, 9.17) is 0 Å². The van der Waals surface area contributed by atoms with Gasteiger partial charge < -0.3 is 10.6 Å². The molecule has 0 aliphatic heterocycles. The van der Waals surface area contributed by atoms with E-state index in [-0.39, 0.29) is 29.7 Å². The normalized spacial score (nSPS) is 10.5. The maximum atomic E-state index is 13.5. The van der Waals surface area contributed by atoms with Gasteiger partial charge in [-0.3, -0.25) is 9.59 Å². The van der Waals surface area contributed by atoms with E-state index in [1.165, 1.54) is 12.1 Å². The summed E-state index contributed by atoms with van der Waals surface area (Å²) in [6.07, 6.45) is 0. The van der Waals surface area contributed by atoms with E-state index in [1.54, 1.807) is 30.3 Å². The summed E-state index contributed by atoms with van der Waals surface area (Å²) in [5.74, 6) is -0.849. The van der Waals surface area contributed by atoms with E-state index in [0.717, 1.165) is 0 Å². The Morgan fingerprint density at radius 3 is 2.25 bits per heavy atom. The van der Waals surface area contributed by atoms with Crippen LogP contribution in [0.1, 0.15) is 40.4 Å². The molecule has 2 N–H and O–H groups in total. The second-order valence-electron chi connectivity index (χ2n) is 5.79. The van der Waals surface area contributed by atoms with Gasteiger partial charge in [0, 0.05) is 18.7 Å². The van der Waals surface area contributed by atoms with Gasteiger partial charge in [0.15, 0.2) is 0 Å². The van der Waals surface area contributed by atoms with Gasteiger partial charge >= 0.3 is 0 Å². The molecule has 0 radical (unpaired) electrons. The van der Waals surface area contributed by atoms with Gasteiger partial charge in [-0.15, -0.1) is 0 Å². The number of halogens is 1. The SMILES string of the molecule is CC(C)CNC(=O)c1cccc(C(=O)NCc2ccccc2F)n1. The quantitative estimate of drug-likeness (QED) is 0.855. The lowest BCUT2D eigenvalue weighted by Gasteiger charge is -2.09. The van der Waals surface area contributed by atoms with E-state index in [1.807, 2.05) is 13.8 Å². The number of aromatic nitrogens is 1. The zero-order valence-corrected chi connectivity index (χ0v) is 13.7. The van der Waals surface area contributed by atoms with Crippen LogP contribution in [-0.2, 0) is 6.54 Å². The van der Waals surface area contributed by atoms with E-state index < -0.39 is 5.91 Å². The van der Waals surface area contributed by atoms with Crippen LogP contribution >= 0.6 is 0 Å². The highest BCUT2D eigenvalue weighted by Gasteiger charge is 2.13. The predicted octanol–water partition coefficient (Wildman–Crippen LogP) is 2.54. The Labute approximate surface area is 140 Å². The minimum absolute atomic E-state index is 0.0525. The molecule has 0 fully saturated rings. The molecule has 1 heterocycles. The Hall–Kier alpha value is -2.76. The number of nitrogens with zero attached hydrogens (tertiary/aromatic N) is 1. The van der Waals surface area contributed by atoms with Crippen LogP contribution in [0.25, 0.3) is 0 Å². The lowest BCUT2D eigenvalue weighted by atomic mass is 10.2. The Kier molecular flexibility index (Phi) is 6.01. The molecule has 24 heavy (non-hydrogen) atoms. The van der Waals surface area contributed by atoms with Crippen molar-refractivity contribution in [3.8, 4) is 0 Å². The van der Waals surface area contributed by atoms with Gasteiger partial charge in [-0.25, -0.2) is 9.37 Å². The third-order valence-corrected chi connectivity index (χ3v) is 3.28. The average molecular weight is 329 g/mol. The number of hydrogen-bond acceptors (Lipinski definition) is 3. The van der Waals surface area contributed by atoms with Crippen molar-refractivity contribution in [3.63, 3.8) is 0 Å². The summed E-state index contributed by atoms with van der Waals surface area (Å²) < 4.78 is 13.5. The van der Waals surface area contributed by atoms with Crippen LogP contribution in [0, 0.1) is 11.7 Å². The molecule has 1 aromatic carbocycles. The van der Waals surface area contributed by atoms with Gasteiger partial charge in [0.2, 0.25) is 0 Å². The minimum Gasteiger partial charge on any atom is -0.350 e. The molecule has 0 aliphatic carbocycles. The first-order valence-corrected chi connectivity index (χ1v) is 7.74. The van der Waals surface area contributed by atoms with Crippen LogP contribution in [0.3, 0.4) is 0 Å². The van der Waals surface area contributed by atoms with Gasteiger partial charge in [-0.1, -0.05) is 38.1 Å². The van der Waals surface area contributed by atoms with Crippen LogP contribution < -0.4 is 10.6 Å². The first kappa shape index (κ1) is 17.6. The van der Waals surface area contributed by atoms with Gasteiger partial charge in [-0.05, 0) is 24.1 Å². The minimum atomic E-state index is -0.461. The lowest BCUT2D eigenvalue weighted by molar-refractivity contribution is 0.0940. The van der Waals surface area contributed by atoms with Crippen molar-refractivity contribution in [3.05, 3.63) is 65.2 Å². The summed E-state index contributed by atoms with van der Waals surface area (Å²) in [4.78, 5) is 28.2. The van der Waals surface area contributed by atoms with Crippen molar-refractivity contribution in [1.29, 1.82) is 0 Å². The Bertz CT molecular complexity index is 732. The summed E-state index contributed by atoms with van der Waals surface area (Å²) in [6, 6.07) is 10.9. The molecular weight excluding hydrogens is 309 g/mol. The molecule has 0 saturated carbocycles. The Morgan fingerprint density at radius 2 is 1.62 bits per heavy atom. The topological polar surface area (TPSA) is 71.1 Å². The fourth-order valence-corrected chi connectivity index (χ4v) is 1.98. The number of nitrogens with one attached hydrogen (secondary N) is 2. The summed E-state index contributed by atoms with van der Waals surface area (Å²) in [5.41, 5.74) is 0.675. The molecule has 0 saturated heterocycles. The highest BCUT2D eigenvalue weighted by Crippen LogP contribution is 2.06. The van der Waals surface area contributed by atoms with Crippen molar-refractivity contribution in [2.45, 2.75) is 20.4 Å². The Balaban J connectivity index is 2.01. The van der Waals surface area contributed by atoms with E-state index in [2.05, 4.69) is 15.6 Å². The molecule has 1 aromatic heterocycles. The number of carbonyl (C=O) groups is 2. The van der Waals surface area contributed by atoms with Crippen molar-refractivity contribution in [2.75, 3.05) is 6.54 Å².